The first-order chi connectivity index (χ1) is 15.2. The fourth-order valence-corrected chi connectivity index (χ4v) is 8.04. The van der Waals surface area contributed by atoms with Crippen LogP contribution in [0.15, 0.2) is 24.3 Å². The standard InChI is InChI=1S/C22H33N3O6Si/c1-15-12-24-13-16(2)30-32(29-15,31-17(3)14-24)10-4-9-23-20-11-21(27)25(22(20)28)18-5-7-19(26)8-6-18/h5-8,15-17,20,23,26H,4,9-14H2,1-3H3. The number of fused-ring (bicyclic) bond motifs is 6. The number of carbonyl (C=O) groups excluding carboxylic acids is 2. The first-order valence-electron chi connectivity index (χ1n) is 11.4. The van der Waals surface area contributed by atoms with Crippen LogP contribution in [0.2, 0.25) is 6.04 Å². The molecule has 0 spiro atoms. The lowest BCUT2D eigenvalue weighted by molar-refractivity contribution is -0.121. The molecule has 2 N–H and O–H groups in total. The number of anilines is 1. The van der Waals surface area contributed by atoms with Crippen LogP contribution >= 0.6 is 0 Å². The predicted molar refractivity (Wildman–Crippen MR) is 120 cm³/mol. The van der Waals surface area contributed by atoms with Gasteiger partial charge in [0, 0.05) is 25.7 Å². The number of amides is 2. The highest BCUT2D eigenvalue weighted by molar-refractivity contribution is 6.60. The van der Waals surface area contributed by atoms with Crippen molar-refractivity contribution in [3.63, 3.8) is 0 Å². The Hall–Kier alpha value is -1.82. The molecule has 4 saturated heterocycles. The van der Waals surface area contributed by atoms with Crippen LogP contribution in [0.5, 0.6) is 5.75 Å². The summed E-state index contributed by atoms with van der Waals surface area (Å²) >= 11 is 0. The fourth-order valence-electron chi connectivity index (χ4n) is 4.85. The topological polar surface area (TPSA) is 101 Å². The van der Waals surface area contributed by atoms with Crippen LogP contribution in [0.3, 0.4) is 0 Å². The molecule has 4 unspecified atom stereocenters. The Morgan fingerprint density at radius 1 is 1.00 bits per heavy atom. The van der Waals surface area contributed by atoms with Crippen molar-refractivity contribution in [3.8, 4) is 5.75 Å². The number of hydrogen-bond acceptors (Lipinski definition) is 8. The Labute approximate surface area is 190 Å². The van der Waals surface area contributed by atoms with Gasteiger partial charge in [0.05, 0.1) is 36.5 Å². The molecule has 4 aliphatic heterocycles. The second-order valence-electron chi connectivity index (χ2n) is 9.09. The van der Waals surface area contributed by atoms with Crippen molar-refractivity contribution in [2.24, 2.45) is 0 Å². The summed E-state index contributed by atoms with van der Waals surface area (Å²) in [5, 5.41) is 12.7. The Bertz CT molecular complexity index is 801. The molecule has 0 aliphatic carbocycles. The number of rotatable bonds is 6. The van der Waals surface area contributed by atoms with Gasteiger partial charge in [-0.2, -0.15) is 0 Å². The van der Waals surface area contributed by atoms with Crippen LogP contribution in [0, 0.1) is 0 Å². The Kier molecular flexibility index (Phi) is 6.99. The third-order valence-corrected chi connectivity index (χ3v) is 9.24. The monoisotopic (exact) mass is 463 g/mol. The minimum absolute atomic E-state index is 0.0440. The normalized spacial score (nSPS) is 35.6. The fraction of sp³-hybridized carbons (Fsp3) is 0.636. The third-order valence-electron chi connectivity index (χ3n) is 5.99. The van der Waals surface area contributed by atoms with Gasteiger partial charge in [-0.3, -0.25) is 14.5 Å². The summed E-state index contributed by atoms with van der Waals surface area (Å²) in [4.78, 5) is 28.7. The molecule has 5 rings (SSSR count). The van der Waals surface area contributed by atoms with E-state index in [1.165, 1.54) is 17.0 Å². The van der Waals surface area contributed by atoms with Crippen molar-refractivity contribution < 1.29 is 28.0 Å². The number of aromatic hydroxyl groups is 1. The lowest BCUT2D eigenvalue weighted by Crippen LogP contribution is -2.61. The van der Waals surface area contributed by atoms with Crippen molar-refractivity contribution in [1.82, 2.24) is 10.2 Å². The van der Waals surface area contributed by atoms with Crippen molar-refractivity contribution in [2.75, 3.05) is 31.1 Å². The highest BCUT2D eigenvalue weighted by atomic mass is 28.4. The average molecular weight is 464 g/mol. The van der Waals surface area contributed by atoms with Gasteiger partial charge in [-0.25, -0.2) is 4.90 Å². The summed E-state index contributed by atoms with van der Waals surface area (Å²) < 4.78 is 19.1. The number of carbonyl (C=O) groups is 2. The molecule has 10 heteroatoms. The molecule has 32 heavy (non-hydrogen) atoms. The van der Waals surface area contributed by atoms with E-state index in [1.54, 1.807) is 12.1 Å². The van der Waals surface area contributed by atoms with Crippen LogP contribution in [0.4, 0.5) is 5.69 Å². The van der Waals surface area contributed by atoms with E-state index >= 15 is 0 Å². The third kappa shape index (κ3) is 5.21. The summed E-state index contributed by atoms with van der Waals surface area (Å²) in [6, 6.07) is 6.17. The summed E-state index contributed by atoms with van der Waals surface area (Å²) in [6.45, 7) is 9.37. The first kappa shape index (κ1) is 23.3. The van der Waals surface area contributed by atoms with Crippen LogP contribution in [-0.2, 0) is 22.9 Å². The Morgan fingerprint density at radius 2 is 1.56 bits per heavy atom. The zero-order valence-electron chi connectivity index (χ0n) is 19.0. The van der Waals surface area contributed by atoms with Crippen LogP contribution in [0.1, 0.15) is 33.6 Å². The number of phenols is 1. The molecule has 2 amide bonds. The van der Waals surface area contributed by atoms with Gasteiger partial charge >= 0.3 is 8.80 Å². The van der Waals surface area contributed by atoms with E-state index in [1.807, 2.05) is 0 Å². The maximum absolute atomic E-state index is 12.8. The second kappa shape index (κ2) is 9.58. The van der Waals surface area contributed by atoms with E-state index in [0.717, 1.165) is 26.1 Å². The molecule has 0 aromatic heterocycles. The van der Waals surface area contributed by atoms with Crippen LogP contribution < -0.4 is 10.2 Å². The quantitative estimate of drug-likeness (QED) is 0.372. The summed E-state index contributed by atoms with van der Waals surface area (Å²) in [7, 11) is -2.85. The minimum Gasteiger partial charge on any atom is -0.508 e. The molecule has 0 radical (unpaired) electrons. The van der Waals surface area contributed by atoms with Gasteiger partial charge in [0.15, 0.2) is 0 Å². The van der Waals surface area contributed by atoms with Gasteiger partial charge in [-0.15, -0.1) is 0 Å². The van der Waals surface area contributed by atoms with Gasteiger partial charge in [0.1, 0.15) is 5.75 Å². The largest absolute Gasteiger partial charge is 0.508 e. The number of nitrogens with one attached hydrogen (secondary N) is 1. The van der Waals surface area contributed by atoms with Gasteiger partial charge in [-0.05, 0) is 58.0 Å². The summed E-state index contributed by atoms with van der Waals surface area (Å²) in [6.07, 6.45) is 0.971. The first-order valence-corrected chi connectivity index (χ1v) is 13.3. The number of nitrogens with zero attached hydrogens (tertiary/aromatic N) is 2. The molecule has 4 aliphatic rings. The van der Waals surface area contributed by atoms with Gasteiger partial charge < -0.3 is 23.7 Å². The molecular formula is C22H33N3O6Si. The second-order valence-corrected chi connectivity index (χ2v) is 11.7. The van der Waals surface area contributed by atoms with Crippen molar-refractivity contribution >= 4 is 26.3 Å². The minimum atomic E-state index is -2.85. The van der Waals surface area contributed by atoms with Gasteiger partial charge in [0.2, 0.25) is 5.91 Å². The smallest absolute Gasteiger partial charge is 0.501 e. The number of imide groups is 1. The molecule has 9 nitrogen and oxygen atoms in total. The molecule has 2 bridgehead atoms. The maximum atomic E-state index is 12.8. The number of hydrogen-bond donors (Lipinski definition) is 2. The van der Waals surface area contributed by atoms with E-state index in [9.17, 15) is 14.7 Å². The van der Waals surface area contributed by atoms with E-state index in [2.05, 4.69) is 31.0 Å². The SMILES string of the molecule is CC1CN2CC(C)O[Si](CCCNC3CC(=O)N(c4ccc(O)cc4)C3=O)(O1)OC(C)C2. The highest BCUT2D eigenvalue weighted by Gasteiger charge is 2.48. The molecule has 4 atom stereocenters. The Balaban J connectivity index is 1.34. The zero-order chi connectivity index (χ0) is 22.9. The van der Waals surface area contributed by atoms with Crippen molar-refractivity contribution in [1.29, 1.82) is 0 Å². The van der Waals surface area contributed by atoms with E-state index in [0.29, 0.717) is 18.3 Å². The van der Waals surface area contributed by atoms with E-state index in [-0.39, 0.29) is 42.3 Å². The molecule has 0 saturated carbocycles. The molecule has 1 aromatic rings. The molecule has 1 aromatic carbocycles. The Morgan fingerprint density at radius 3 is 2.12 bits per heavy atom. The average Bonchev–Trinajstić information content (AvgIpc) is 2.97. The molecule has 4 fully saturated rings. The zero-order valence-corrected chi connectivity index (χ0v) is 20.0. The van der Waals surface area contributed by atoms with Crippen molar-refractivity contribution in [3.05, 3.63) is 24.3 Å². The lowest BCUT2D eigenvalue weighted by atomic mass is 10.2. The molecule has 176 valence electrons. The molecular weight excluding hydrogens is 430 g/mol. The van der Waals surface area contributed by atoms with Gasteiger partial charge in [0.25, 0.3) is 5.91 Å². The maximum Gasteiger partial charge on any atom is 0.501 e. The van der Waals surface area contributed by atoms with Gasteiger partial charge in [-0.1, -0.05) is 0 Å². The van der Waals surface area contributed by atoms with E-state index < -0.39 is 14.8 Å². The lowest BCUT2D eigenvalue weighted by Gasteiger charge is -2.45. The van der Waals surface area contributed by atoms with E-state index in [4.69, 9.17) is 13.3 Å². The van der Waals surface area contributed by atoms with Crippen LogP contribution in [-0.4, -0.2) is 81.2 Å². The summed E-state index contributed by atoms with van der Waals surface area (Å²) in [5.74, 6) is -0.429. The van der Waals surface area contributed by atoms with Crippen molar-refractivity contribution in [2.45, 2.75) is 64.0 Å². The number of phenolic OH excluding ortho intramolecular Hbond substituents is 1. The number of benzene rings is 1. The highest BCUT2D eigenvalue weighted by Crippen LogP contribution is 2.29. The predicted octanol–water partition coefficient (Wildman–Crippen LogP) is 1.49. The molecule has 4 heterocycles. The van der Waals surface area contributed by atoms with Crippen LogP contribution in [0.25, 0.3) is 0 Å². The summed E-state index contributed by atoms with van der Waals surface area (Å²) in [5.41, 5.74) is 0.471.